The van der Waals surface area contributed by atoms with E-state index in [-0.39, 0.29) is 34.3 Å². The molecule has 0 saturated heterocycles. The molecule has 0 N–H and O–H groups in total. The smallest absolute Gasteiger partial charge is 0.303 e. The average molecular weight is 399 g/mol. The van der Waals surface area contributed by atoms with Crippen LogP contribution in [0.3, 0.4) is 0 Å². The lowest BCUT2D eigenvalue weighted by Gasteiger charge is -2.58. The number of hydrogen-bond donors (Lipinski definition) is 0. The number of allylic oxidation sites excluding steroid dienone is 4. The molecule has 7 atom stereocenters. The van der Waals surface area contributed by atoms with E-state index in [1.165, 1.54) is 18.1 Å². The van der Waals surface area contributed by atoms with Crippen molar-refractivity contribution in [2.24, 2.45) is 34.5 Å². The van der Waals surface area contributed by atoms with Gasteiger partial charge in [-0.05, 0) is 80.8 Å². The zero-order chi connectivity index (χ0) is 21.4. The number of esters is 1. The summed E-state index contributed by atoms with van der Waals surface area (Å²) < 4.78 is 5.84. The monoisotopic (exact) mass is 398 g/mol. The highest BCUT2D eigenvalue weighted by Crippen LogP contribution is 2.68. The predicted molar refractivity (Wildman–Crippen MR) is 111 cm³/mol. The van der Waals surface area contributed by atoms with E-state index in [9.17, 15) is 14.4 Å². The van der Waals surface area contributed by atoms with Gasteiger partial charge in [0.25, 0.3) is 0 Å². The molecule has 0 radical (unpaired) electrons. The van der Waals surface area contributed by atoms with Crippen LogP contribution in [0.4, 0.5) is 0 Å². The molecule has 158 valence electrons. The van der Waals surface area contributed by atoms with Crippen LogP contribution in [-0.2, 0) is 19.1 Å². The lowest BCUT2D eigenvalue weighted by molar-refractivity contribution is -0.185. The van der Waals surface area contributed by atoms with E-state index in [0.29, 0.717) is 24.2 Å². The first-order valence-corrected chi connectivity index (χ1v) is 11.1. The van der Waals surface area contributed by atoms with Gasteiger partial charge < -0.3 is 4.74 Å². The molecule has 0 heterocycles. The highest BCUT2D eigenvalue weighted by atomic mass is 16.6. The second-order valence-electron chi connectivity index (χ2n) is 10.6. The number of ether oxygens (including phenoxy) is 1. The van der Waals surface area contributed by atoms with Crippen molar-refractivity contribution in [1.29, 1.82) is 0 Å². The molecule has 4 rings (SSSR count). The van der Waals surface area contributed by atoms with E-state index in [1.807, 2.05) is 13.0 Å². The first-order chi connectivity index (χ1) is 13.5. The van der Waals surface area contributed by atoms with Crippen molar-refractivity contribution >= 4 is 17.5 Å². The molecule has 4 aliphatic rings. The molecule has 0 amide bonds. The van der Waals surface area contributed by atoms with Gasteiger partial charge in [-0.1, -0.05) is 32.4 Å². The fourth-order valence-corrected chi connectivity index (χ4v) is 7.82. The van der Waals surface area contributed by atoms with Gasteiger partial charge in [-0.3, -0.25) is 14.4 Å². The fraction of sp³-hybridized carbons (Fsp3) is 0.720. The minimum atomic E-state index is -0.997. The number of ketones is 2. The van der Waals surface area contributed by atoms with Gasteiger partial charge in [-0.2, -0.15) is 0 Å². The van der Waals surface area contributed by atoms with E-state index < -0.39 is 5.60 Å². The molecule has 0 bridgehead atoms. The third-order valence-corrected chi connectivity index (χ3v) is 9.14. The third-order valence-electron chi connectivity index (χ3n) is 9.14. The Morgan fingerprint density at radius 3 is 2.38 bits per heavy atom. The van der Waals surface area contributed by atoms with Gasteiger partial charge >= 0.3 is 5.97 Å². The number of hydrogen-bond acceptors (Lipinski definition) is 4. The van der Waals surface area contributed by atoms with Crippen molar-refractivity contribution in [2.45, 2.75) is 79.2 Å². The van der Waals surface area contributed by atoms with Crippen LogP contribution in [0.15, 0.2) is 23.3 Å². The van der Waals surface area contributed by atoms with Crippen LogP contribution in [0, 0.1) is 34.5 Å². The van der Waals surface area contributed by atoms with Crippen LogP contribution in [0.2, 0.25) is 0 Å². The van der Waals surface area contributed by atoms with Crippen molar-refractivity contribution < 1.29 is 19.1 Å². The molecule has 0 spiro atoms. The lowest BCUT2D eigenvalue weighted by atomic mass is 9.46. The first kappa shape index (κ1) is 20.6. The van der Waals surface area contributed by atoms with Gasteiger partial charge in [-0.15, -0.1) is 0 Å². The second-order valence-corrected chi connectivity index (χ2v) is 10.6. The molecule has 4 heteroatoms. The Hall–Kier alpha value is -1.71. The highest BCUT2D eigenvalue weighted by molar-refractivity contribution is 5.94. The molecule has 0 aromatic carbocycles. The number of fused-ring (bicyclic) bond motifs is 5. The molecular formula is C25H34O4. The number of rotatable bonds is 2. The van der Waals surface area contributed by atoms with Gasteiger partial charge in [0.05, 0.1) is 0 Å². The SMILES string of the molecule is CC(=O)O[C@@]1(C(C)=O)CC[C@@H]2[C@H]3C=C(C)C4=CC(=O)[C@H](C)C[C@@]4(C)[C@@H]3CC[C@]21C. The molecule has 0 aromatic rings. The zero-order valence-electron chi connectivity index (χ0n) is 18.6. The molecule has 0 aromatic heterocycles. The Kier molecular flexibility index (Phi) is 4.53. The van der Waals surface area contributed by atoms with Crippen LogP contribution in [-0.4, -0.2) is 23.1 Å². The molecule has 4 nitrogen and oxygen atoms in total. The third kappa shape index (κ3) is 2.60. The van der Waals surface area contributed by atoms with Crippen LogP contribution in [0.1, 0.15) is 73.6 Å². The average Bonchev–Trinajstić information content (AvgIpc) is 2.91. The van der Waals surface area contributed by atoms with Crippen LogP contribution in [0.25, 0.3) is 0 Å². The largest absolute Gasteiger partial charge is 0.451 e. The first-order valence-electron chi connectivity index (χ1n) is 11.1. The molecule has 29 heavy (non-hydrogen) atoms. The number of Topliss-reactive ketones (excluding diaryl/α,β-unsaturated/α-hetero) is 1. The molecule has 4 aliphatic carbocycles. The molecule has 2 fully saturated rings. The summed E-state index contributed by atoms with van der Waals surface area (Å²) in [6.07, 6.45) is 8.56. The summed E-state index contributed by atoms with van der Waals surface area (Å²) in [4.78, 5) is 37.2. The van der Waals surface area contributed by atoms with Gasteiger partial charge in [-0.25, -0.2) is 0 Å². The van der Waals surface area contributed by atoms with Gasteiger partial charge in [0.1, 0.15) is 0 Å². The number of carbonyl (C=O) groups is 3. The minimum absolute atomic E-state index is 0.00105. The van der Waals surface area contributed by atoms with Crippen molar-refractivity contribution in [1.82, 2.24) is 0 Å². The zero-order valence-corrected chi connectivity index (χ0v) is 18.6. The van der Waals surface area contributed by atoms with E-state index in [0.717, 1.165) is 25.7 Å². The standard InChI is InChI=1S/C25H34O4/c1-14-11-18-19(23(5)13-15(2)22(28)12-21(14)23)7-9-24(6)20(18)8-10-25(24,16(3)26)29-17(4)27/h11-12,15,18-20H,7-10,13H2,1-6H3/t15-,18+,19-,20-,23+,24-,25-/m1/s1. The molecule has 0 unspecified atom stereocenters. The quantitative estimate of drug-likeness (QED) is 0.626. The van der Waals surface area contributed by atoms with E-state index in [1.54, 1.807) is 6.92 Å². The Labute approximate surface area is 174 Å². The summed E-state index contributed by atoms with van der Waals surface area (Å²) in [5.41, 5.74) is 1.10. The second kappa shape index (κ2) is 6.39. The van der Waals surface area contributed by atoms with Crippen molar-refractivity contribution in [2.75, 3.05) is 0 Å². The number of carbonyl (C=O) groups excluding carboxylic acids is 3. The van der Waals surface area contributed by atoms with Gasteiger partial charge in [0, 0.05) is 18.3 Å². The topological polar surface area (TPSA) is 60.4 Å². The van der Waals surface area contributed by atoms with E-state index in [2.05, 4.69) is 26.8 Å². The van der Waals surface area contributed by atoms with Crippen molar-refractivity contribution in [3.05, 3.63) is 23.3 Å². The van der Waals surface area contributed by atoms with Crippen LogP contribution < -0.4 is 0 Å². The molecular weight excluding hydrogens is 364 g/mol. The minimum Gasteiger partial charge on any atom is -0.451 e. The summed E-state index contributed by atoms with van der Waals surface area (Å²) >= 11 is 0. The van der Waals surface area contributed by atoms with Gasteiger partial charge in [0.15, 0.2) is 17.2 Å². The Morgan fingerprint density at radius 2 is 1.76 bits per heavy atom. The maximum Gasteiger partial charge on any atom is 0.303 e. The maximum atomic E-state index is 12.8. The molecule has 0 aliphatic heterocycles. The lowest BCUT2D eigenvalue weighted by Crippen LogP contribution is -2.58. The highest BCUT2D eigenvalue weighted by Gasteiger charge is 2.67. The summed E-state index contributed by atoms with van der Waals surface area (Å²) in [5, 5.41) is 0. The van der Waals surface area contributed by atoms with Crippen LogP contribution in [0.5, 0.6) is 0 Å². The Bertz CT molecular complexity index is 851. The Balaban J connectivity index is 1.79. The predicted octanol–water partition coefficient (Wildman–Crippen LogP) is 4.82. The van der Waals surface area contributed by atoms with Crippen LogP contribution >= 0.6 is 0 Å². The normalized spacial score (nSPS) is 46.1. The van der Waals surface area contributed by atoms with Crippen molar-refractivity contribution in [3.8, 4) is 0 Å². The van der Waals surface area contributed by atoms with E-state index in [4.69, 9.17) is 4.74 Å². The summed E-state index contributed by atoms with van der Waals surface area (Å²) in [5.74, 6) is 1.05. The summed E-state index contributed by atoms with van der Waals surface area (Å²) in [6, 6.07) is 0. The van der Waals surface area contributed by atoms with Crippen molar-refractivity contribution in [3.63, 3.8) is 0 Å². The summed E-state index contributed by atoms with van der Waals surface area (Å²) in [7, 11) is 0. The van der Waals surface area contributed by atoms with E-state index >= 15 is 0 Å². The maximum absolute atomic E-state index is 12.8. The fourth-order valence-electron chi connectivity index (χ4n) is 7.82. The summed E-state index contributed by atoms with van der Waals surface area (Å²) in [6.45, 7) is 11.7. The Morgan fingerprint density at radius 1 is 1.10 bits per heavy atom. The van der Waals surface area contributed by atoms with Gasteiger partial charge in [0.2, 0.25) is 0 Å². The molecule has 2 saturated carbocycles.